The van der Waals surface area contributed by atoms with Crippen LogP contribution in [0.5, 0.6) is 0 Å². The molecular formula is C11H23NOS. The molecule has 84 valence electrons. The van der Waals surface area contributed by atoms with Gasteiger partial charge in [-0.3, -0.25) is 0 Å². The molecule has 0 aliphatic carbocycles. The summed E-state index contributed by atoms with van der Waals surface area (Å²) < 4.78 is 5.85. The van der Waals surface area contributed by atoms with Crippen LogP contribution in [0.1, 0.15) is 33.1 Å². The van der Waals surface area contributed by atoms with Crippen LogP contribution in [0.15, 0.2) is 0 Å². The van der Waals surface area contributed by atoms with Gasteiger partial charge in [0.1, 0.15) is 0 Å². The van der Waals surface area contributed by atoms with Gasteiger partial charge in [0, 0.05) is 30.5 Å². The molecule has 3 heteroatoms. The van der Waals surface area contributed by atoms with E-state index in [9.17, 15) is 0 Å². The zero-order chi connectivity index (χ0) is 10.4. The van der Waals surface area contributed by atoms with Crippen molar-refractivity contribution in [1.82, 2.24) is 5.32 Å². The van der Waals surface area contributed by atoms with E-state index in [-0.39, 0.29) is 0 Å². The van der Waals surface area contributed by atoms with E-state index in [1.807, 2.05) is 11.8 Å². The van der Waals surface area contributed by atoms with Crippen LogP contribution in [-0.2, 0) is 4.74 Å². The van der Waals surface area contributed by atoms with Crippen LogP contribution >= 0.6 is 11.8 Å². The second-order valence-electron chi connectivity index (χ2n) is 4.19. The van der Waals surface area contributed by atoms with Gasteiger partial charge in [0.25, 0.3) is 0 Å². The van der Waals surface area contributed by atoms with E-state index in [2.05, 4.69) is 25.4 Å². The summed E-state index contributed by atoms with van der Waals surface area (Å²) in [7, 11) is 0. The molecule has 1 atom stereocenters. The molecule has 0 spiro atoms. The van der Waals surface area contributed by atoms with Gasteiger partial charge in [0.2, 0.25) is 0 Å². The first-order valence-electron chi connectivity index (χ1n) is 5.59. The predicted octanol–water partition coefficient (Wildman–Crippen LogP) is 2.29. The molecule has 1 rings (SSSR count). The molecule has 14 heavy (non-hydrogen) atoms. The highest BCUT2D eigenvalue weighted by atomic mass is 32.2. The third-order valence-electron chi connectivity index (χ3n) is 3.22. The molecule has 0 bridgehead atoms. The second-order valence-corrected chi connectivity index (χ2v) is 5.46. The Morgan fingerprint density at radius 3 is 2.57 bits per heavy atom. The number of hydrogen-bond acceptors (Lipinski definition) is 3. The fourth-order valence-corrected chi connectivity index (χ4v) is 2.50. The van der Waals surface area contributed by atoms with Gasteiger partial charge < -0.3 is 10.1 Å². The third kappa shape index (κ3) is 3.44. The van der Waals surface area contributed by atoms with Crippen molar-refractivity contribution in [2.75, 3.05) is 26.0 Å². The maximum atomic E-state index is 5.42. The van der Waals surface area contributed by atoms with E-state index < -0.39 is 0 Å². The molecule has 0 radical (unpaired) electrons. The Kier molecular flexibility index (Phi) is 5.28. The van der Waals surface area contributed by atoms with Gasteiger partial charge in [-0.05, 0) is 32.4 Å². The minimum Gasteiger partial charge on any atom is -0.381 e. The Balaban J connectivity index is 2.36. The molecule has 0 amide bonds. The summed E-state index contributed by atoms with van der Waals surface area (Å²) in [5.74, 6) is 0. The average molecular weight is 217 g/mol. The summed E-state index contributed by atoms with van der Waals surface area (Å²) in [6.07, 6.45) is 5.82. The van der Waals surface area contributed by atoms with Crippen LogP contribution in [0.4, 0.5) is 0 Å². The van der Waals surface area contributed by atoms with Crippen molar-refractivity contribution in [3.63, 3.8) is 0 Å². The minimum absolute atomic E-state index is 0.432. The topological polar surface area (TPSA) is 21.3 Å². The monoisotopic (exact) mass is 217 g/mol. The highest BCUT2D eigenvalue weighted by molar-refractivity contribution is 8.00. The number of thioether (sulfide) groups is 1. The van der Waals surface area contributed by atoms with Crippen LogP contribution in [0, 0.1) is 0 Å². The molecule has 1 fully saturated rings. The van der Waals surface area contributed by atoms with Gasteiger partial charge >= 0.3 is 0 Å². The molecule has 1 heterocycles. The van der Waals surface area contributed by atoms with Crippen LogP contribution < -0.4 is 5.32 Å². The zero-order valence-corrected chi connectivity index (χ0v) is 10.5. The van der Waals surface area contributed by atoms with Crippen LogP contribution in [0.2, 0.25) is 0 Å². The van der Waals surface area contributed by atoms with Crippen molar-refractivity contribution < 1.29 is 4.74 Å². The molecule has 1 saturated heterocycles. The van der Waals surface area contributed by atoms with Gasteiger partial charge in [0.15, 0.2) is 0 Å². The Morgan fingerprint density at radius 2 is 2.07 bits per heavy atom. The minimum atomic E-state index is 0.432. The fraction of sp³-hybridized carbons (Fsp3) is 1.00. The van der Waals surface area contributed by atoms with Crippen molar-refractivity contribution in [2.24, 2.45) is 0 Å². The largest absolute Gasteiger partial charge is 0.381 e. The summed E-state index contributed by atoms with van der Waals surface area (Å²) in [4.78, 5) is 0. The first kappa shape index (κ1) is 12.3. The predicted molar refractivity (Wildman–Crippen MR) is 64.1 cm³/mol. The lowest BCUT2D eigenvalue weighted by Gasteiger charge is -2.36. The van der Waals surface area contributed by atoms with Gasteiger partial charge in [-0.25, -0.2) is 0 Å². The summed E-state index contributed by atoms with van der Waals surface area (Å²) >= 11 is 2.00. The van der Waals surface area contributed by atoms with E-state index in [0.29, 0.717) is 10.8 Å². The molecule has 1 aliphatic rings. The smallest absolute Gasteiger partial charge is 0.0479 e. The Hall–Kier alpha value is 0.270. The quantitative estimate of drug-likeness (QED) is 0.763. The highest BCUT2D eigenvalue weighted by Gasteiger charge is 2.31. The van der Waals surface area contributed by atoms with Gasteiger partial charge in [-0.15, -0.1) is 0 Å². The molecule has 1 N–H and O–H groups in total. The standard InChI is InChI=1S/C11H23NOS/c1-4-10(2)12-9-11(14-3)5-7-13-8-6-11/h10,12H,4-9H2,1-3H3. The lowest BCUT2D eigenvalue weighted by atomic mass is 9.98. The summed E-state index contributed by atoms with van der Waals surface area (Å²) in [6.45, 7) is 7.49. The first-order valence-corrected chi connectivity index (χ1v) is 6.81. The summed E-state index contributed by atoms with van der Waals surface area (Å²) in [5.41, 5.74) is 0. The third-order valence-corrected chi connectivity index (χ3v) is 4.64. The SMILES string of the molecule is CCC(C)NCC1(SC)CCOCC1. The van der Waals surface area contributed by atoms with Gasteiger partial charge in [-0.2, -0.15) is 11.8 Å². The van der Waals surface area contributed by atoms with Crippen LogP contribution in [0.25, 0.3) is 0 Å². The van der Waals surface area contributed by atoms with E-state index >= 15 is 0 Å². The molecule has 2 nitrogen and oxygen atoms in total. The molecule has 1 aliphatic heterocycles. The highest BCUT2D eigenvalue weighted by Crippen LogP contribution is 2.33. The van der Waals surface area contributed by atoms with Crippen LogP contribution in [-0.4, -0.2) is 36.8 Å². The molecule has 0 aromatic heterocycles. The number of rotatable bonds is 5. The molecule has 0 aromatic rings. The van der Waals surface area contributed by atoms with Crippen molar-refractivity contribution in [3.05, 3.63) is 0 Å². The van der Waals surface area contributed by atoms with Crippen molar-refractivity contribution in [1.29, 1.82) is 0 Å². The fourth-order valence-electron chi connectivity index (χ4n) is 1.70. The summed E-state index contributed by atoms with van der Waals surface area (Å²) in [5, 5.41) is 3.62. The maximum Gasteiger partial charge on any atom is 0.0479 e. The molecular weight excluding hydrogens is 194 g/mol. The van der Waals surface area contributed by atoms with E-state index in [1.165, 1.54) is 19.3 Å². The maximum absolute atomic E-state index is 5.42. The van der Waals surface area contributed by atoms with E-state index in [1.54, 1.807) is 0 Å². The molecule has 0 saturated carbocycles. The lowest BCUT2D eigenvalue weighted by molar-refractivity contribution is 0.0766. The van der Waals surface area contributed by atoms with Crippen LogP contribution in [0.3, 0.4) is 0 Å². The Morgan fingerprint density at radius 1 is 1.43 bits per heavy atom. The number of hydrogen-bond donors (Lipinski definition) is 1. The number of ether oxygens (including phenoxy) is 1. The molecule has 1 unspecified atom stereocenters. The molecule has 0 aromatic carbocycles. The van der Waals surface area contributed by atoms with Crippen molar-refractivity contribution in [3.8, 4) is 0 Å². The Labute approximate surface area is 92.2 Å². The normalized spacial score (nSPS) is 23.4. The van der Waals surface area contributed by atoms with E-state index in [4.69, 9.17) is 4.74 Å². The van der Waals surface area contributed by atoms with E-state index in [0.717, 1.165) is 19.8 Å². The van der Waals surface area contributed by atoms with Gasteiger partial charge in [-0.1, -0.05) is 6.92 Å². The van der Waals surface area contributed by atoms with Gasteiger partial charge in [0.05, 0.1) is 0 Å². The summed E-state index contributed by atoms with van der Waals surface area (Å²) in [6, 6.07) is 0.641. The zero-order valence-electron chi connectivity index (χ0n) is 9.64. The lowest BCUT2D eigenvalue weighted by Crippen LogP contribution is -2.44. The second kappa shape index (κ2) is 5.99. The number of nitrogens with one attached hydrogen (secondary N) is 1. The van der Waals surface area contributed by atoms with Crippen molar-refractivity contribution >= 4 is 11.8 Å². The average Bonchev–Trinajstić information content (AvgIpc) is 2.27. The van der Waals surface area contributed by atoms with Crippen molar-refractivity contribution in [2.45, 2.75) is 43.9 Å². The Bertz CT molecular complexity index is 157. The first-order chi connectivity index (χ1) is 6.72.